The van der Waals surface area contributed by atoms with E-state index in [1.165, 1.54) is 6.42 Å². The van der Waals surface area contributed by atoms with Gasteiger partial charge in [0.25, 0.3) is 0 Å². The first-order valence-electron chi connectivity index (χ1n) is 7.09. The Labute approximate surface area is 101 Å². The Balaban J connectivity index is -0.0000000860. The van der Waals surface area contributed by atoms with Gasteiger partial charge >= 0.3 is 0 Å². The van der Waals surface area contributed by atoms with E-state index < -0.39 is 0 Å². The third-order valence-corrected chi connectivity index (χ3v) is 2.59. The predicted octanol–water partition coefficient (Wildman–Crippen LogP) is 6.40. The highest BCUT2D eigenvalue weighted by Crippen LogP contribution is 2.21. The number of hydrogen-bond donors (Lipinski definition) is 0. The van der Waals surface area contributed by atoms with Crippen molar-refractivity contribution in [1.82, 2.24) is 0 Å². The van der Waals surface area contributed by atoms with Gasteiger partial charge in [0.05, 0.1) is 0 Å². The van der Waals surface area contributed by atoms with E-state index in [0.29, 0.717) is 0 Å². The zero-order valence-corrected chi connectivity index (χ0v) is 13.4. The molecule has 0 bridgehead atoms. The molecule has 0 heterocycles. The van der Waals surface area contributed by atoms with Crippen LogP contribution in [0, 0.1) is 17.8 Å². The van der Waals surface area contributed by atoms with Gasteiger partial charge < -0.3 is 0 Å². The highest BCUT2D eigenvalue weighted by Gasteiger charge is 2.12. The van der Waals surface area contributed by atoms with Crippen LogP contribution in [0.2, 0.25) is 0 Å². The second-order valence-corrected chi connectivity index (χ2v) is 3.49. The van der Waals surface area contributed by atoms with Gasteiger partial charge in [0.15, 0.2) is 0 Å². The smallest absolute Gasteiger partial charge is 0.0394 e. The third kappa shape index (κ3) is 20.2. The van der Waals surface area contributed by atoms with Crippen LogP contribution in [0.15, 0.2) is 0 Å². The maximum Gasteiger partial charge on any atom is -0.0394 e. The van der Waals surface area contributed by atoms with Gasteiger partial charge in [-0.2, -0.15) is 0 Å². The average molecular weight is 218 g/mol. The summed E-state index contributed by atoms with van der Waals surface area (Å²) in [5, 5.41) is 0. The Morgan fingerprint density at radius 3 is 1.00 bits per heavy atom. The first-order valence-corrected chi connectivity index (χ1v) is 7.09. The Morgan fingerprint density at radius 2 is 0.933 bits per heavy atom. The largest absolute Gasteiger partial charge is 0.0683 e. The molecular formula is C15H38. The first kappa shape index (κ1) is 24.3. The van der Waals surface area contributed by atoms with E-state index in [-0.39, 0.29) is 0 Å². The molecule has 0 fully saturated rings. The normalized spacial score (nSPS) is 12.0. The Kier molecular flexibility index (Phi) is 38.3. The molecular weight excluding hydrogens is 180 g/mol. The van der Waals surface area contributed by atoms with E-state index in [2.05, 4.69) is 34.6 Å². The molecule has 2 unspecified atom stereocenters. The predicted molar refractivity (Wildman–Crippen MR) is 77.5 cm³/mol. The minimum atomic E-state index is 0.847. The number of hydrogen-bond acceptors (Lipinski definition) is 0. The van der Waals surface area contributed by atoms with Gasteiger partial charge in [-0.05, 0) is 17.8 Å². The fraction of sp³-hybridized carbons (Fsp3) is 1.00. The maximum absolute atomic E-state index is 2.35. The SMILES string of the molecule is CC.CC.CC.CCC(C)C(C)C(C)C. The van der Waals surface area contributed by atoms with E-state index in [1.807, 2.05) is 41.5 Å². The summed E-state index contributed by atoms with van der Waals surface area (Å²) in [6, 6.07) is 0. The fourth-order valence-corrected chi connectivity index (χ4v) is 1.03. The summed E-state index contributed by atoms with van der Waals surface area (Å²) in [6.45, 7) is 23.6. The molecule has 0 N–H and O–H groups in total. The second-order valence-electron chi connectivity index (χ2n) is 3.49. The van der Waals surface area contributed by atoms with Crippen LogP contribution >= 0.6 is 0 Å². The van der Waals surface area contributed by atoms with Gasteiger partial charge in [0.1, 0.15) is 0 Å². The van der Waals surface area contributed by atoms with Crippen LogP contribution in [-0.4, -0.2) is 0 Å². The molecule has 0 spiro atoms. The van der Waals surface area contributed by atoms with Crippen molar-refractivity contribution < 1.29 is 0 Å². The van der Waals surface area contributed by atoms with Gasteiger partial charge in [-0.3, -0.25) is 0 Å². The summed E-state index contributed by atoms with van der Waals surface area (Å²) in [4.78, 5) is 0. The van der Waals surface area contributed by atoms with E-state index >= 15 is 0 Å². The molecule has 0 aromatic rings. The summed E-state index contributed by atoms with van der Waals surface area (Å²) in [7, 11) is 0. The zero-order valence-electron chi connectivity index (χ0n) is 13.4. The fourth-order valence-electron chi connectivity index (χ4n) is 1.03. The zero-order chi connectivity index (χ0) is 13.4. The lowest BCUT2D eigenvalue weighted by Crippen LogP contribution is -2.12. The van der Waals surface area contributed by atoms with E-state index in [0.717, 1.165) is 17.8 Å². The lowest BCUT2D eigenvalue weighted by Gasteiger charge is -2.21. The molecule has 0 saturated carbocycles. The van der Waals surface area contributed by atoms with Crippen molar-refractivity contribution in [3.8, 4) is 0 Å². The van der Waals surface area contributed by atoms with Crippen molar-refractivity contribution in [3.63, 3.8) is 0 Å². The average Bonchev–Trinajstić information content (AvgIpc) is 2.34. The van der Waals surface area contributed by atoms with Crippen LogP contribution in [0.5, 0.6) is 0 Å². The third-order valence-electron chi connectivity index (χ3n) is 2.59. The Morgan fingerprint density at radius 1 is 0.667 bits per heavy atom. The molecule has 0 heteroatoms. The van der Waals surface area contributed by atoms with Crippen molar-refractivity contribution in [2.24, 2.45) is 17.8 Å². The monoisotopic (exact) mass is 218 g/mol. The molecule has 98 valence electrons. The molecule has 0 saturated heterocycles. The standard InChI is InChI=1S/C9H20.3C2H6/c1-6-8(4)9(5)7(2)3;3*1-2/h7-9H,6H2,1-5H3;3*1-2H3. The summed E-state index contributed by atoms with van der Waals surface area (Å²) in [6.07, 6.45) is 1.32. The molecule has 15 heavy (non-hydrogen) atoms. The van der Waals surface area contributed by atoms with Crippen molar-refractivity contribution in [2.75, 3.05) is 0 Å². The molecule has 0 nitrogen and oxygen atoms in total. The van der Waals surface area contributed by atoms with E-state index in [9.17, 15) is 0 Å². The lowest BCUT2D eigenvalue weighted by atomic mass is 9.85. The van der Waals surface area contributed by atoms with Crippen LogP contribution in [0.25, 0.3) is 0 Å². The van der Waals surface area contributed by atoms with Crippen LogP contribution in [0.1, 0.15) is 82.6 Å². The Bertz CT molecular complexity index is 64.4. The Hall–Kier alpha value is 0. The van der Waals surface area contributed by atoms with Crippen LogP contribution in [0.3, 0.4) is 0 Å². The van der Waals surface area contributed by atoms with E-state index in [1.54, 1.807) is 0 Å². The quantitative estimate of drug-likeness (QED) is 0.514. The number of rotatable bonds is 3. The summed E-state index contributed by atoms with van der Waals surface area (Å²) in [5.74, 6) is 2.62. The van der Waals surface area contributed by atoms with Gasteiger partial charge in [-0.1, -0.05) is 82.6 Å². The molecule has 0 rings (SSSR count). The van der Waals surface area contributed by atoms with Gasteiger partial charge in [0.2, 0.25) is 0 Å². The van der Waals surface area contributed by atoms with Crippen molar-refractivity contribution in [1.29, 1.82) is 0 Å². The molecule has 2 atom stereocenters. The van der Waals surface area contributed by atoms with Crippen LogP contribution in [0.4, 0.5) is 0 Å². The molecule has 0 aromatic carbocycles. The lowest BCUT2D eigenvalue weighted by molar-refractivity contribution is 0.289. The summed E-state index contributed by atoms with van der Waals surface area (Å²) in [5.41, 5.74) is 0. The molecule has 0 aliphatic carbocycles. The molecule has 0 amide bonds. The van der Waals surface area contributed by atoms with Crippen molar-refractivity contribution in [3.05, 3.63) is 0 Å². The minimum absolute atomic E-state index is 0.847. The topological polar surface area (TPSA) is 0 Å². The minimum Gasteiger partial charge on any atom is -0.0683 e. The van der Waals surface area contributed by atoms with Gasteiger partial charge in [-0.15, -0.1) is 0 Å². The molecule has 0 aliphatic rings. The van der Waals surface area contributed by atoms with E-state index in [4.69, 9.17) is 0 Å². The highest BCUT2D eigenvalue weighted by atomic mass is 14.2. The van der Waals surface area contributed by atoms with Crippen molar-refractivity contribution >= 4 is 0 Å². The van der Waals surface area contributed by atoms with Crippen LogP contribution in [-0.2, 0) is 0 Å². The second kappa shape index (κ2) is 23.7. The van der Waals surface area contributed by atoms with Gasteiger partial charge in [0, 0.05) is 0 Å². The van der Waals surface area contributed by atoms with Crippen LogP contribution < -0.4 is 0 Å². The highest BCUT2D eigenvalue weighted by molar-refractivity contribution is 4.62. The molecule has 0 radical (unpaired) electrons. The summed E-state index contributed by atoms with van der Waals surface area (Å²) < 4.78 is 0. The summed E-state index contributed by atoms with van der Waals surface area (Å²) >= 11 is 0. The van der Waals surface area contributed by atoms with Gasteiger partial charge in [-0.25, -0.2) is 0 Å². The maximum atomic E-state index is 2.35. The molecule has 0 aromatic heterocycles. The molecule has 0 aliphatic heterocycles. The first-order chi connectivity index (χ1) is 7.09. The van der Waals surface area contributed by atoms with Crippen molar-refractivity contribution in [2.45, 2.75) is 82.6 Å².